The molecule has 1 amide bonds. The fourth-order valence-electron chi connectivity index (χ4n) is 1.64. The van der Waals surface area contributed by atoms with Crippen LogP contribution in [-0.2, 0) is 0 Å². The van der Waals surface area contributed by atoms with Crippen LogP contribution in [0.4, 0.5) is 10.1 Å². The van der Waals surface area contributed by atoms with Gasteiger partial charge in [0.2, 0.25) is 0 Å². The molecular weight excluding hydrogens is 227 g/mol. The van der Waals surface area contributed by atoms with E-state index >= 15 is 0 Å². The predicted molar refractivity (Wildman–Crippen MR) is 64.0 cm³/mol. The maximum atomic E-state index is 13.5. The second kappa shape index (κ2) is 4.74. The van der Waals surface area contributed by atoms with Crippen molar-refractivity contribution in [1.82, 2.24) is 4.90 Å². The van der Waals surface area contributed by atoms with Crippen LogP contribution in [0.15, 0.2) is 18.2 Å². The molecule has 0 spiro atoms. The number of nitrogens with zero attached hydrogens (tertiary/aromatic N) is 1. The van der Waals surface area contributed by atoms with Gasteiger partial charge in [0.15, 0.2) is 0 Å². The zero-order valence-electron chi connectivity index (χ0n) is 8.78. The Morgan fingerprint density at radius 3 is 2.75 bits per heavy atom. The van der Waals surface area contributed by atoms with Gasteiger partial charge in [0, 0.05) is 30.3 Å². The lowest BCUT2D eigenvalue weighted by Gasteiger charge is -2.26. The van der Waals surface area contributed by atoms with Gasteiger partial charge < -0.3 is 10.6 Å². The molecule has 0 aromatic heterocycles. The Balaban J connectivity index is 2.22. The molecule has 0 saturated carbocycles. The number of hydrogen-bond donors (Lipinski definition) is 1. The molecule has 1 aliphatic heterocycles. The second-order valence-corrected chi connectivity index (χ2v) is 4.87. The van der Waals surface area contributed by atoms with E-state index in [0.29, 0.717) is 18.8 Å². The van der Waals surface area contributed by atoms with Crippen molar-refractivity contribution in [3.05, 3.63) is 29.6 Å². The molecule has 0 bridgehead atoms. The molecule has 2 N–H and O–H groups in total. The summed E-state index contributed by atoms with van der Waals surface area (Å²) in [5.74, 6) is 1.06. The van der Waals surface area contributed by atoms with Crippen LogP contribution in [0.2, 0.25) is 0 Å². The van der Waals surface area contributed by atoms with E-state index < -0.39 is 5.82 Å². The van der Waals surface area contributed by atoms with Crippen molar-refractivity contribution in [2.24, 2.45) is 0 Å². The van der Waals surface area contributed by atoms with Gasteiger partial charge in [-0.3, -0.25) is 4.79 Å². The Morgan fingerprint density at radius 2 is 2.06 bits per heavy atom. The molecule has 1 aromatic rings. The standard InChI is InChI=1S/C11H13FN2OS/c12-10-2-1-8(13)7-9(10)11(15)14-3-5-16-6-4-14/h1-2,7H,3-6,13H2. The minimum Gasteiger partial charge on any atom is -0.399 e. The Hall–Kier alpha value is -1.23. The van der Waals surface area contributed by atoms with Crippen molar-refractivity contribution in [3.8, 4) is 0 Å². The van der Waals surface area contributed by atoms with E-state index in [0.717, 1.165) is 11.5 Å². The molecule has 0 atom stereocenters. The highest BCUT2D eigenvalue weighted by atomic mass is 32.2. The SMILES string of the molecule is Nc1ccc(F)c(C(=O)N2CCSCC2)c1. The van der Waals surface area contributed by atoms with Crippen LogP contribution in [0.1, 0.15) is 10.4 Å². The number of carbonyl (C=O) groups excluding carboxylic acids is 1. The van der Waals surface area contributed by atoms with Crippen LogP contribution in [0, 0.1) is 5.82 Å². The molecule has 1 aromatic carbocycles. The first kappa shape index (κ1) is 11.3. The number of rotatable bonds is 1. The molecule has 5 heteroatoms. The molecule has 1 aliphatic rings. The topological polar surface area (TPSA) is 46.3 Å². The molecule has 2 rings (SSSR count). The third-order valence-electron chi connectivity index (χ3n) is 2.52. The summed E-state index contributed by atoms with van der Waals surface area (Å²) in [5.41, 5.74) is 6.04. The van der Waals surface area contributed by atoms with Gasteiger partial charge in [-0.1, -0.05) is 0 Å². The molecule has 3 nitrogen and oxygen atoms in total. The lowest BCUT2D eigenvalue weighted by molar-refractivity contribution is 0.0767. The number of carbonyl (C=O) groups is 1. The minimum absolute atomic E-state index is 0.0758. The Kier molecular flexibility index (Phi) is 3.33. The van der Waals surface area contributed by atoms with Gasteiger partial charge in [0.05, 0.1) is 5.56 Å². The van der Waals surface area contributed by atoms with Crippen LogP contribution in [0.3, 0.4) is 0 Å². The zero-order chi connectivity index (χ0) is 11.5. The van der Waals surface area contributed by atoms with Crippen molar-refractivity contribution in [2.45, 2.75) is 0 Å². The highest BCUT2D eigenvalue weighted by molar-refractivity contribution is 7.99. The molecule has 16 heavy (non-hydrogen) atoms. The fourth-order valence-corrected chi connectivity index (χ4v) is 2.55. The van der Waals surface area contributed by atoms with Crippen molar-refractivity contribution in [3.63, 3.8) is 0 Å². The fraction of sp³-hybridized carbons (Fsp3) is 0.364. The number of hydrogen-bond acceptors (Lipinski definition) is 3. The van der Waals surface area contributed by atoms with Gasteiger partial charge in [-0.15, -0.1) is 0 Å². The monoisotopic (exact) mass is 240 g/mol. The smallest absolute Gasteiger partial charge is 0.256 e. The van der Waals surface area contributed by atoms with Gasteiger partial charge in [-0.25, -0.2) is 4.39 Å². The van der Waals surface area contributed by atoms with E-state index in [4.69, 9.17) is 5.73 Å². The van der Waals surface area contributed by atoms with Gasteiger partial charge in [-0.05, 0) is 18.2 Å². The van der Waals surface area contributed by atoms with E-state index in [1.54, 1.807) is 16.7 Å². The Labute approximate surface area is 97.8 Å². The molecular formula is C11H13FN2OS. The summed E-state index contributed by atoms with van der Waals surface area (Å²) in [6.07, 6.45) is 0. The van der Waals surface area contributed by atoms with Gasteiger partial charge in [0.25, 0.3) is 5.91 Å². The van der Waals surface area contributed by atoms with Gasteiger partial charge in [-0.2, -0.15) is 11.8 Å². The molecule has 0 radical (unpaired) electrons. The predicted octanol–water partition coefficient (Wildman–Crippen LogP) is 1.60. The quantitative estimate of drug-likeness (QED) is 0.758. The van der Waals surface area contributed by atoms with E-state index in [-0.39, 0.29) is 11.5 Å². The molecule has 0 unspecified atom stereocenters. The van der Waals surface area contributed by atoms with Crippen LogP contribution >= 0.6 is 11.8 Å². The average molecular weight is 240 g/mol. The van der Waals surface area contributed by atoms with E-state index in [1.807, 2.05) is 0 Å². The third-order valence-corrected chi connectivity index (χ3v) is 3.46. The van der Waals surface area contributed by atoms with E-state index in [1.165, 1.54) is 18.2 Å². The summed E-state index contributed by atoms with van der Waals surface area (Å²) in [6, 6.07) is 4.10. The number of halogens is 1. The first-order valence-electron chi connectivity index (χ1n) is 5.10. The van der Waals surface area contributed by atoms with Crippen molar-refractivity contribution >= 4 is 23.4 Å². The van der Waals surface area contributed by atoms with Crippen LogP contribution < -0.4 is 5.73 Å². The summed E-state index contributed by atoms with van der Waals surface area (Å²) in [4.78, 5) is 13.7. The largest absolute Gasteiger partial charge is 0.399 e. The first-order valence-corrected chi connectivity index (χ1v) is 6.26. The number of nitrogens with two attached hydrogens (primary N) is 1. The minimum atomic E-state index is -0.502. The molecule has 0 aliphatic carbocycles. The van der Waals surface area contributed by atoms with Crippen LogP contribution in [-0.4, -0.2) is 35.4 Å². The zero-order valence-corrected chi connectivity index (χ0v) is 9.60. The Morgan fingerprint density at radius 1 is 1.38 bits per heavy atom. The van der Waals surface area contributed by atoms with Crippen LogP contribution in [0.5, 0.6) is 0 Å². The third kappa shape index (κ3) is 2.29. The van der Waals surface area contributed by atoms with E-state index in [9.17, 15) is 9.18 Å². The summed E-state index contributed by atoms with van der Waals surface area (Å²) >= 11 is 1.81. The maximum absolute atomic E-state index is 13.5. The van der Waals surface area contributed by atoms with Crippen LogP contribution in [0.25, 0.3) is 0 Å². The summed E-state index contributed by atoms with van der Waals surface area (Å²) in [7, 11) is 0. The number of thioether (sulfide) groups is 1. The normalized spacial score (nSPS) is 16.2. The number of nitrogen functional groups attached to an aromatic ring is 1. The van der Waals surface area contributed by atoms with Crippen molar-refractivity contribution in [2.75, 3.05) is 30.3 Å². The summed E-state index contributed by atoms with van der Waals surface area (Å²) in [5, 5.41) is 0. The molecule has 86 valence electrons. The second-order valence-electron chi connectivity index (χ2n) is 3.64. The van der Waals surface area contributed by atoms with Crippen molar-refractivity contribution in [1.29, 1.82) is 0 Å². The highest BCUT2D eigenvalue weighted by Gasteiger charge is 2.21. The first-order chi connectivity index (χ1) is 7.68. The van der Waals surface area contributed by atoms with Gasteiger partial charge >= 0.3 is 0 Å². The maximum Gasteiger partial charge on any atom is 0.256 e. The lowest BCUT2D eigenvalue weighted by atomic mass is 10.1. The lowest BCUT2D eigenvalue weighted by Crippen LogP contribution is -2.38. The number of benzene rings is 1. The summed E-state index contributed by atoms with van der Waals surface area (Å²) in [6.45, 7) is 1.36. The number of anilines is 1. The van der Waals surface area contributed by atoms with Crippen molar-refractivity contribution < 1.29 is 9.18 Å². The molecule has 1 heterocycles. The molecule has 1 fully saturated rings. The number of amides is 1. The highest BCUT2D eigenvalue weighted by Crippen LogP contribution is 2.17. The van der Waals surface area contributed by atoms with Gasteiger partial charge in [0.1, 0.15) is 5.82 Å². The molecule has 1 saturated heterocycles. The van der Waals surface area contributed by atoms with E-state index in [2.05, 4.69) is 0 Å². The summed E-state index contributed by atoms with van der Waals surface area (Å²) < 4.78 is 13.5. The average Bonchev–Trinajstić information content (AvgIpc) is 2.32. The Bertz CT molecular complexity index is 405.